The Balaban J connectivity index is 2.01. The standard InChI is InChI=1S/C20H22BrNO3/c1-4-25-19(24)13-8-9-16-15(11-13)18(23)20(2,3)17(22-16)12-6-5-7-14(21)10-12/h5-11,17-18,22-23H,4H2,1-3H3. The summed E-state index contributed by atoms with van der Waals surface area (Å²) >= 11 is 3.51. The van der Waals surface area contributed by atoms with Crippen molar-refractivity contribution in [3.05, 3.63) is 63.6 Å². The molecular weight excluding hydrogens is 382 g/mol. The van der Waals surface area contributed by atoms with Crippen LogP contribution in [0, 0.1) is 5.41 Å². The number of carbonyl (C=O) groups is 1. The molecule has 2 aromatic carbocycles. The molecule has 2 unspecified atom stereocenters. The third-order valence-corrected chi connectivity index (χ3v) is 5.28. The Hall–Kier alpha value is -1.85. The SMILES string of the molecule is CCOC(=O)c1ccc2c(c1)C(O)C(C)(C)C(c1cccc(Br)c1)N2. The van der Waals surface area contributed by atoms with Gasteiger partial charge in [-0.05, 0) is 42.8 Å². The quantitative estimate of drug-likeness (QED) is 0.718. The highest BCUT2D eigenvalue weighted by Crippen LogP contribution is 2.51. The van der Waals surface area contributed by atoms with Gasteiger partial charge in [0.1, 0.15) is 0 Å². The van der Waals surface area contributed by atoms with Crippen LogP contribution in [-0.2, 0) is 4.74 Å². The van der Waals surface area contributed by atoms with E-state index in [1.54, 1.807) is 19.1 Å². The molecule has 0 aliphatic carbocycles. The predicted octanol–water partition coefficient (Wildman–Crippen LogP) is 4.85. The van der Waals surface area contributed by atoms with Crippen LogP contribution in [0.5, 0.6) is 0 Å². The van der Waals surface area contributed by atoms with Gasteiger partial charge in [0.25, 0.3) is 0 Å². The van der Waals surface area contributed by atoms with Gasteiger partial charge < -0.3 is 15.2 Å². The van der Waals surface area contributed by atoms with Crippen LogP contribution in [0.2, 0.25) is 0 Å². The van der Waals surface area contributed by atoms with Crippen molar-refractivity contribution in [3.63, 3.8) is 0 Å². The summed E-state index contributed by atoms with van der Waals surface area (Å²) in [7, 11) is 0. The highest BCUT2D eigenvalue weighted by Gasteiger charge is 2.43. The number of hydrogen-bond acceptors (Lipinski definition) is 4. The first-order valence-electron chi connectivity index (χ1n) is 8.35. The van der Waals surface area contributed by atoms with Crippen LogP contribution in [-0.4, -0.2) is 17.7 Å². The van der Waals surface area contributed by atoms with E-state index in [1.807, 2.05) is 32.0 Å². The molecule has 2 aromatic rings. The lowest BCUT2D eigenvalue weighted by Gasteiger charge is -2.45. The zero-order chi connectivity index (χ0) is 18.2. The second-order valence-corrected chi connectivity index (χ2v) is 7.79. The molecule has 1 aliphatic rings. The van der Waals surface area contributed by atoms with Gasteiger partial charge in [-0.2, -0.15) is 0 Å². The first-order valence-corrected chi connectivity index (χ1v) is 9.15. The lowest BCUT2D eigenvalue weighted by atomic mass is 9.70. The number of benzene rings is 2. The molecule has 2 atom stereocenters. The average Bonchev–Trinajstić information content (AvgIpc) is 2.58. The van der Waals surface area contributed by atoms with E-state index >= 15 is 0 Å². The fourth-order valence-corrected chi connectivity index (χ4v) is 3.78. The predicted molar refractivity (Wildman–Crippen MR) is 102 cm³/mol. The smallest absolute Gasteiger partial charge is 0.338 e. The molecule has 1 heterocycles. The van der Waals surface area contributed by atoms with E-state index in [-0.39, 0.29) is 12.0 Å². The van der Waals surface area contributed by atoms with Crippen LogP contribution in [0.1, 0.15) is 54.4 Å². The number of aliphatic hydroxyl groups is 1. The van der Waals surface area contributed by atoms with E-state index in [4.69, 9.17) is 4.74 Å². The summed E-state index contributed by atoms with van der Waals surface area (Å²) in [4.78, 5) is 12.0. The van der Waals surface area contributed by atoms with Crippen molar-refractivity contribution in [2.24, 2.45) is 5.41 Å². The normalized spacial score (nSPS) is 21.2. The summed E-state index contributed by atoms with van der Waals surface area (Å²) < 4.78 is 6.06. The van der Waals surface area contributed by atoms with Gasteiger partial charge in [0.2, 0.25) is 0 Å². The fourth-order valence-electron chi connectivity index (χ4n) is 3.36. The van der Waals surface area contributed by atoms with E-state index in [9.17, 15) is 9.90 Å². The van der Waals surface area contributed by atoms with Crippen molar-refractivity contribution in [3.8, 4) is 0 Å². The minimum absolute atomic E-state index is 0.0547. The minimum atomic E-state index is -0.706. The maximum absolute atomic E-state index is 12.0. The van der Waals surface area contributed by atoms with Crippen LogP contribution in [0.3, 0.4) is 0 Å². The van der Waals surface area contributed by atoms with E-state index in [2.05, 4.69) is 33.4 Å². The Labute approximate surface area is 156 Å². The van der Waals surface area contributed by atoms with E-state index in [0.717, 1.165) is 21.3 Å². The molecule has 3 rings (SSSR count). The Kier molecular flexibility index (Phi) is 4.89. The van der Waals surface area contributed by atoms with Crippen LogP contribution in [0.25, 0.3) is 0 Å². The molecule has 0 radical (unpaired) electrons. The van der Waals surface area contributed by atoms with Gasteiger partial charge in [0, 0.05) is 21.1 Å². The molecule has 0 saturated heterocycles. The summed E-state index contributed by atoms with van der Waals surface area (Å²) in [5.41, 5.74) is 2.66. The summed E-state index contributed by atoms with van der Waals surface area (Å²) in [6.45, 7) is 6.15. The monoisotopic (exact) mass is 403 g/mol. The number of fused-ring (bicyclic) bond motifs is 1. The zero-order valence-electron chi connectivity index (χ0n) is 14.5. The lowest BCUT2D eigenvalue weighted by molar-refractivity contribution is 0.0287. The van der Waals surface area contributed by atoms with Gasteiger partial charge in [0.15, 0.2) is 0 Å². The maximum atomic E-state index is 12.0. The number of ether oxygens (including phenoxy) is 1. The van der Waals surface area contributed by atoms with Gasteiger partial charge in [0.05, 0.1) is 24.3 Å². The molecule has 0 spiro atoms. The minimum Gasteiger partial charge on any atom is -0.462 e. The molecule has 0 saturated carbocycles. The van der Waals surface area contributed by atoms with Gasteiger partial charge >= 0.3 is 5.97 Å². The number of carbonyl (C=O) groups excluding carboxylic acids is 1. The number of anilines is 1. The molecule has 0 fully saturated rings. The van der Waals surface area contributed by atoms with Crippen LogP contribution >= 0.6 is 15.9 Å². The molecule has 25 heavy (non-hydrogen) atoms. The molecule has 2 N–H and O–H groups in total. The van der Waals surface area contributed by atoms with Crippen LogP contribution in [0.15, 0.2) is 46.9 Å². The largest absolute Gasteiger partial charge is 0.462 e. The van der Waals surface area contributed by atoms with Gasteiger partial charge in [-0.3, -0.25) is 0 Å². The summed E-state index contributed by atoms with van der Waals surface area (Å²) in [6.07, 6.45) is -0.706. The van der Waals surface area contributed by atoms with Crippen molar-refractivity contribution < 1.29 is 14.6 Å². The molecule has 0 amide bonds. The van der Waals surface area contributed by atoms with Gasteiger partial charge in [-0.1, -0.05) is 41.9 Å². The Bertz CT molecular complexity index is 803. The topological polar surface area (TPSA) is 58.6 Å². The van der Waals surface area contributed by atoms with E-state index < -0.39 is 11.5 Å². The second-order valence-electron chi connectivity index (χ2n) is 6.88. The average molecular weight is 404 g/mol. The number of rotatable bonds is 3. The molecule has 0 aromatic heterocycles. The van der Waals surface area contributed by atoms with E-state index in [0.29, 0.717) is 12.2 Å². The van der Waals surface area contributed by atoms with Crippen molar-refractivity contribution >= 4 is 27.6 Å². The number of aliphatic hydroxyl groups excluding tert-OH is 1. The van der Waals surface area contributed by atoms with Crippen molar-refractivity contribution in [2.45, 2.75) is 32.9 Å². The Morgan fingerprint density at radius 2 is 2.04 bits per heavy atom. The maximum Gasteiger partial charge on any atom is 0.338 e. The van der Waals surface area contributed by atoms with Crippen molar-refractivity contribution in [2.75, 3.05) is 11.9 Å². The van der Waals surface area contributed by atoms with Crippen molar-refractivity contribution in [1.82, 2.24) is 0 Å². The fraction of sp³-hybridized carbons (Fsp3) is 0.350. The Morgan fingerprint density at radius 3 is 2.72 bits per heavy atom. The molecular formula is C20H22BrNO3. The lowest BCUT2D eigenvalue weighted by Crippen LogP contribution is -2.38. The number of halogens is 1. The summed E-state index contributed by atoms with van der Waals surface area (Å²) in [5.74, 6) is -0.371. The van der Waals surface area contributed by atoms with Gasteiger partial charge in [-0.25, -0.2) is 4.79 Å². The zero-order valence-corrected chi connectivity index (χ0v) is 16.1. The first kappa shape index (κ1) is 18.0. The number of nitrogens with one attached hydrogen (secondary N) is 1. The molecule has 132 valence electrons. The molecule has 1 aliphatic heterocycles. The third-order valence-electron chi connectivity index (χ3n) is 4.79. The molecule has 4 nitrogen and oxygen atoms in total. The van der Waals surface area contributed by atoms with Crippen molar-refractivity contribution in [1.29, 1.82) is 0 Å². The van der Waals surface area contributed by atoms with Crippen LogP contribution in [0.4, 0.5) is 5.69 Å². The van der Waals surface area contributed by atoms with Crippen LogP contribution < -0.4 is 5.32 Å². The Morgan fingerprint density at radius 1 is 1.28 bits per heavy atom. The summed E-state index contributed by atoms with van der Waals surface area (Å²) in [5, 5.41) is 14.5. The highest BCUT2D eigenvalue weighted by molar-refractivity contribution is 9.10. The highest BCUT2D eigenvalue weighted by atomic mass is 79.9. The number of hydrogen-bond donors (Lipinski definition) is 2. The number of esters is 1. The van der Waals surface area contributed by atoms with E-state index in [1.165, 1.54) is 0 Å². The summed E-state index contributed by atoms with van der Waals surface area (Å²) in [6, 6.07) is 13.3. The first-order chi connectivity index (χ1) is 11.8. The molecule has 5 heteroatoms. The third kappa shape index (κ3) is 3.31. The van der Waals surface area contributed by atoms with Gasteiger partial charge in [-0.15, -0.1) is 0 Å². The second kappa shape index (κ2) is 6.81. The molecule has 0 bridgehead atoms.